The highest BCUT2D eigenvalue weighted by molar-refractivity contribution is 5.95. The van der Waals surface area contributed by atoms with Crippen LogP contribution in [-0.4, -0.2) is 63.9 Å². The predicted molar refractivity (Wildman–Crippen MR) is 157 cm³/mol. The molecule has 3 aromatic rings. The van der Waals surface area contributed by atoms with E-state index in [0.717, 1.165) is 22.0 Å². The zero-order valence-corrected chi connectivity index (χ0v) is 23.6. The van der Waals surface area contributed by atoms with Crippen molar-refractivity contribution in [3.8, 4) is 0 Å². The molecule has 0 aliphatic rings. The monoisotopic (exact) mass is 578 g/mol. The van der Waals surface area contributed by atoms with Gasteiger partial charge in [-0.2, -0.15) is 0 Å². The first-order chi connectivity index (χ1) is 19.9. The van der Waals surface area contributed by atoms with Crippen LogP contribution < -0.4 is 27.4 Å². The van der Waals surface area contributed by atoms with E-state index in [2.05, 4.69) is 20.9 Å². The van der Waals surface area contributed by atoms with Crippen LogP contribution in [-0.2, 0) is 36.8 Å². The summed E-state index contributed by atoms with van der Waals surface area (Å²) < 4.78 is 0. The number of hydrogen-bond donors (Lipinski definition) is 7. The second-order valence-electron chi connectivity index (χ2n) is 10.7. The standard InChI is InChI=1S/C30H38N6O6/c1-17(2)12-23(28(39)36-25(30(41)42)14-19-16-33-22-11-7-6-10-20(19)22)35-29(40)24(13-18-8-4-3-5-9-18)34-27(38)21(31)15-26(32)37/h3-11,16-17,21,23-25,33H,12-15,31H2,1-2H3,(H2,32,37)(H,34,38)(H,35,40)(H,36,39)(H,41,42). The Balaban J connectivity index is 1.78. The summed E-state index contributed by atoms with van der Waals surface area (Å²) in [5, 5.41) is 18.6. The van der Waals surface area contributed by atoms with E-state index in [4.69, 9.17) is 11.5 Å². The maximum absolute atomic E-state index is 13.5. The second kappa shape index (κ2) is 14.8. The Bertz CT molecular complexity index is 1410. The number of amides is 4. The van der Waals surface area contributed by atoms with E-state index in [1.54, 1.807) is 36.5 Å². The molecule has 4 amide bonds. The van der Waals surface area contributed by atoms with Crippen molar-refractivity contribution in [2.75, 3.05) is 0 Å². The van der Waals surface area contributed by atoms with Gasteiger partial charge >= 0.3 is 5.97 Å². The molecule has 0 aliphatic carbocycles. The van der Waals surface area contributed by atoms with Crippen molar-refractivity contribution in [1.82, 2.24) is 20.9 Å². The van der Waals surface area contributed by atoms with Gasteiger partial charge in [0.05, 0.1) is 12.5 Å². The van der Waals surface area contributed by atoms with Crippen molar-refractivity contribution < 1.29 is 29.1 Å². The van der Waals surface area contributed by atoms with Gasteiger partial charge in [-0.3, -0.25) is 19.2 Å². The summed E-state index contributed by atoms with van der Waals surface area (Å²) in [5.41, 5.74) is 13.2. The van der Waals surface area contributed by atoms with Crippen molar-refractivity contribution in [3.63, 3.8) is 0 Å². The average molecular weight is 579 g/mol. The molecule has 1 aromatic heterocycles. The number of carbonyl (C=O) groups is 5. The quantitative estimate of drug-likeness (QED) is 0.137. The lowest BCUT2D eigenvalue weighted by Gasteiger charge is -2.26. The molecule has 0 fully saturated rings. The van der Waals surface area contributed by atoms with Gasteiger partial charge in [0.2, 0.25) is 23.6 Å². The van der Waals surface area contributed by atoms with E-state index in [-0.39, 0.29) is 25.2 Å². The Labute approximate surface area is 243 Å². The Morgan fingerprint density at radius 2 is 1.40 bits per heavy atom. The molecule has 0 radical (unpaired) electrons. The molecule has 42 heavy (non-hydrogen) atoms. The summed E-state index contributed by atoms with van der Waals surface area (Å²) in [6.07, 6.45) is 1.62. The number of nitrogens with two attached hydrogens (primary N) is 2. The molecule has 3 rings (SSSR count). The molecule has 4 atom stereocenters. The lowest BCUT2D eigenvalue weighted by molar-refractivity contribution is -0.142. The maximum atomic E-state index is 13.5. The van der Waals surface area contributed by atoms with E-state index in [1.165, 1.54) is 0 Å². The summed E-state index contributed by atoms with van der Waals surface area (Å²) in [7, 11) is 0. The molecule has 12 heteroatoms. The van der Waals surface area contributed by atoms with Crippen LogP contribution in [0, 0.1) is 5.92 Å². The largest absolute Gasteiger partial charge is 0.480 e. The highest BCUT2D eigenvalue weighted by Gasteiger charge is 2.31. The summed E-state index contributed by atoms with van der Waals surface area (Å²) >= 11 is 0. The van der Waals surface area contributed by atoms with E-state index < -0.39 is 60.2 Å². The fourth-order valence-corrected chi connectivity index (χ4v) is 4.62. The highest BCUT2D eigenvalue weighted by atomic mass is 16.4. The first-order valence-electron chi connectivity index (χ1n) is 13.7. The van der Waals surface area contributed by atoms with Crippen LogP contribution in [0.3, 0.4) is 0 Å². The zero-order valence-electron chi connectivity index (χ0n) is 23.6. The van der Waals surface area contributed by atoms with Gasteiger partial charge < -0.3 is 37.5 Å². The van der Waals surface area contributed by atoms with Crippen LogP contribution in [0.4, 0.5) is 0 Å². The number of H-pyrrole nitrogens is 1. The number of aromatic amines is 1. The molecule has 1 heterocycles. The molecule has 0 saturated carbocycles. The van der Waals surface area contributed by atoms with Gasteiger partial charge in [0.1, 0.15) is 18.1 Å². The molecule has 2 aromatic carbocycles. The smallest absolute Gasteiger partial charge is 0.326 e. The highest BCUT2D eigenvalue weighted by Crippen LogP contribution is 2.19. The summed E-state index contributed by atoms with van der Waals surface area (Å²) in [6.45, 7) is 3.72. The number of carbonyl (C=O) groups excluding carboxylic acids is 4. The van der Waals surface area contributed by atoms with Gasteiger partial charge in [-0.15, -0.1) is 0 Å². The fraction of sp³-hybridized carbons (Fsp3) is 0.367. The minimum absolute atomic E-state index is 0.0257. The van der Waals surface area contributed by atoms with E-state index in [9.17, 15) is 29.1 Å². The number of fused-ring (bicyclic) bond motifs is 1. The van der Waals surface area contributed by atoms with E-state index in [0.29, 0.717) is 0 Å². The molecular weight excluding hydrogens is 540 g/mol. The van der Waals surface area contributed by atoms with E-state index >= 15 is 0 Å². The number of aliphatic carboxylic acids is 1. The fourth-order valence-electron chi connectivity index (χ4n) is 4.62. The molecule has 0 saturated heterocycles. The Morgan fingerprint density at radius 3 is 2.05 bits per heavy atom. The Hall–Kier alpha value is -4.71. The number of para-hydroxylation sites is 1. The van der Waals surface area contributed by atoms with Crippen molar-refractivity contribution in [2.45, 2.75) is 63.7 Å². The summed E-state index contributed by atoms with van der Waals surface area (Å²) in [6, 6.07) is 11.6. The number of rotatable bonds is 15. The van der Waals surface area contributed by atoms with Crippen molar-refractivity contribution in [3.05, 3.63) is 71.9 Å². The number of primary amides is 1. The van der Waals surface area contributed by atoms with Crippen LogP contribution in [0.25, 0.3) is 10.9 Å². The summed E-state index contributed by atoms with van der Waals surface area (Å²) in [5.74, 6) is -4.11. The van der Waals surface area contributed by atoms with Crippen molar-refractivity contribution in [1.29, 1.82) is 0 Å². The van der Waals surface area contributed by atoms with Crippen LogP contribution in [0.1, 0.15) is 37.8 Å². The van der Waals surface area contributed by atoms with Crippen LogP contribution in [0.5, 0.6) is 0 Å². The third kappa shape index (κ3) is 9.16. The molecule has 12 nitrogen and oxygen atoms in total. The minimum atomic E-state index is -1.26. The maximum Gasteiger partial charge on any atom is 0.326 e. The molecule has 224 valence electrons. The summed E-state index contributed by atoms with van der Waals surface area (Å²) in [4.78, 5) is 66.0. The van der Waals surface area contributed by atoms with Gasteiger partial charge in [0, 0.05) is 29.9 Å². The number of nitrogens with one attached hydrogen (secondary N) is 4. The Morgan fingerprint density at radius 1 is 0.810 bits per heavy atom. The van der Waals surface area contributed by atoms with Gasteiger partial charge in [0.25, 0.3) is 0 Å². The van der Waals surface area contributed by atoms with Gasteiger partial charge in [-0.25, -0.2) is 4.79 Å². The SMILES string of the molecule is CC(C)CC(NC(=O)C(Cc1ccccc1)NC(=O)C(N)CC(N)=O)C(=O)NC(Cc1c[nH]c2ccccc12)C(=O)O. The zero-order chi connectivity index (χ0) is 30.8. The topological polar surface area (TPSA) is 209 Å². The number of benzene rings is 2. The van der Waals surface area contributed by atoms with Crippen LogP contribution >= 0.6 is 0 Å². The van der Waals surface area contributed by atoms with Gasteiger partial charge in [-0.05, 0) is 29.5 Å². The molecule has 0 aliphatic heterocycles. The lowest BCUT2D eigenvalue weighted by Crippen LogP contribution is -2.58. The number of carboxylic acids is 1. The van der Waals surface area contributed by atoms with Crippen molar-refractivity contribution in [2.24, 2.45) is 17.4 Å². The normalized spacial score (nSPS) is 14.0. The number of carboxylic acid groups (broad SMARTS) is 1. The first kappa shape index (κ1) is 31.8. The second-order valence-corrected chi connectivity index (χ2v) is 10.7. The van der Waals surface area contributed by atoms with Crippen molar-refractivity contribution >= 4 is 40.5 Å². The molecule has 0 spiro atoms. The molecular formula is C30H38N6O6. The number of aromatic nitrogens is 1. The average Bonchev–Trinajstić information content (AvgIpc) is 3.34. The number of hydrogen-bond acceptors (Lipinski definition) is 6. The lowest BCUT2D eigenvalue weighted by atomic mass is 9.99. The molecule has 0 bridgehead atoms. The molecule has 9 N–H and O–H groups in total. The minimum Gasteiger partial charge on any atom is -0.480 e. The van der Waals surface area contributed by atoms with Crippen LogP contribution in [0.2, 0.25) is 0 Å². The predicted octanol–water partition coefficient (Wildman–Crippen LogP) is 0.741. The van der Waals surface area contributed by atoms with Crippen LogP contribution in [0.15, 0.2) is 60.8 Å². The van der Waals surface area contributed by atoms with Gasteiger partial charge in [0.15, 0.2) is 0 Å². The molecule has 4 unspecified atom stereocenters. The Kier molecular flexibility index (Phi) is 11.2. The first-order valence-corrected chi connectivity index (χ1v) is 13.7. The third-order valence-corrected chi connectivity index (χ3v) is 6.73. The third-order valence-electron chi connectivity index (χ3n) is 6.73. The van der Waals surface area contributed by atoms with Gasteiger partial charge in [-0.1, -0.05) is 62.4 Å². The van der Waals surface area contributed by atoms with E-state index in [1.807, 2.05) is 38.1 Å².